The molecule has 4 nitrogen and oxygen atoms in total. The van der Waals surface area contributed by atoms with Gasteiger partial charge in [-0.05, 0) is 6.07 Å². The third-order valence-corrected chi connectivity index (χ3v) is 1.45. The van der Waals surface area contributed by atoms with Crippen LogP contribution in [0.15, 0.2) is 12.3 Å². The fourth-order valence-electron chi connectivity index (χ4n) is 0.893. The van der Waals surface area contributed by atoms with Crippen molar-refractivity contribution in [3.63, 3.8) is 0 Å². The van der Waals surface area contributed by atoms with Crippen LogP contribution in [0.3, 0.4) is 0 Å². The second-order valence-corrected chi connectivity index (χ2v) is 2.53. The minimum atomic E-state index is -4.69. The van der Waals surface area contributed by atoms with Crippen LogP contribution in [-0.4, -0.2) is 10.9 Å². The van der Waals surface area contributed by atoms with Crippen LogP contribution < -0.4 is 11.5 Å². The highest BCUT2D eigenvalue weighted by molar-refractivity contribution is 5.92. The summed E-state index contributed by atoms with van der Waals surface area (Å²) in [7, 11) is 0. The highest BCUT2D eigenvalue weighted by Crippen LogP contribution is 2.31. The van der Waals surface area contributed by atoms with Crippen LogP contribution in [0.4, 0.5) is 18.9 Å². The monoisotopic (exact) mass is 205 g/mol. The molecule has 0 saturated heterocycles. The second kappa shape index (κ2) is 3.17. The van der Waals surface area contributed by atoms with Crippen molar-refractivity contribution in [3.05, 3.63) is 23.5 Å². The zero-order valence-corrected chi connectivity index (χ0v) is 6.80. The Balaban J connectivity index is 3.38. The first-order valence-corrected chi connectivity index (χ1v) is 3.45. The van der Waals surface area contributed by atoms with E-state index < -0.39 is 23.3 Å². The number of amides is 1. The molecule has 0 fully saturated rings. The van der Waals surface area contributed by atoms with Gasteiger partial charge >= 0.3 is 6.18 Å². The zero-order chi connectivity index (χ0) is 10.9. The van der Waals surface area contributed by atoms with Crippen molar-refractivity contribution in [1.82, 2.24) is 4.98 Å². The van der Waals surface area contributed by atoms with E-state index in [0.29, 0.717) is 6.07 Å². The molecule has 1 aromatic heterocycles. The molecule has 0 unspecified atom stereocenters. The lowest BCUT2D eigenvalue weighted by Crippen LogP contribution is -2.20. The molecule has 0 atom stereocenters. The van der Waals surface area contributed by atoms with Gasteiger partial charge in [-0.25, -0.2) is 4.98 Å². The minimum Gasteiger partial charge on any atom is -0.397 e. The zero-order valence-electron chi connectivity index (χ0n) is 6.80. The molecule has 76 valence electrons. The van der Waals surface area contributed by atoms with Gasteiger partial charge in [0.1, 0.15) is 5.69 Å². The van der Waals surface area contributed by atoms with Crippen molar-refractivity contribution in [2.75, 3.05) is 5.73 Å². The van der Waals surface area contributed by atoms with Gasteiger partial charge in [0, 0.05) is 0 Å². The molecule has 0 saturated carbocycles. The molecule has 0 aromatic carbocycles. The molecule has 1 aromatic rings. The van der Waals surface area contributed by atoms with E-state index in [0.717, 1.165) is 6.20 Å². The van der Waals surface area contributed by atoms with Gasteiger partial charge in [0.15, 0.2) is 0 Å². The fraction of sp³-hybridized carbons (Fsp3) is 0.143. The van der Waals surface area contributed by atoms with Gasteiger partial charge in [0.2, 0.25) is 0 Å². The number of nitrogen functional groups attached to an aromatic ring is 1. The first-order chi connectivity index (χ1) is 6.32. The molecule has 0 aliphatic heterocycles. The molecule has 0 aliphatic carbocycles. The summed E-state index contributed by atoms with van der Waals surface area (Å²) in [6.07, 6.45) is -3.75. The van der Waals surface area contributed by atoms with E-state index in [4.69, 9.17) is 11.5 Å². The Kier molecular flexibility index (Phi) is 2.33. The third-order valence-electron chi connectivity index (χ3n) is 1.45. The van der Waals surface area contributed by atoms with Crippen molar-refractivity contribution in [2.45, 2.75) is 6.18 Å². The molecule has 0 radical (unpaired) electrons. The van der Waals surface area contributed by atoms with Gasteiger partial charge in [-0.1, -0.05) is 0 Å². The summed E-state index contributed by atoms with van der Waals surface area (Å²) >= 11 is 0. The minimum absolute atomic E-state index is 0.178. The number of nitrogens with zero attached hydrogens (tertiary/aromatic N) is 1. The van der Waals surface area contributed by atoms with Gasteiger partial charge in [0.05, 0.1) is 17.4 Å². The fourth-order valence-corrected chi connectivity index (χ4v) is 0.893. The number of hydrogen-bond acceptors (Lipinski definition) is 3. The maximum Gasteiger partial charge on any atom is 0.418 e. The van der Waals surface area contributed by atoms with Gasteiger partial charge in [-0.15, -0.1) is 0 Å². The summed E-state index contributed by atoms with van der Waals surface area (Å²) < 4.78 is 36.9. The number of carbonyl (C=O) groups excluding carboxylic acids is 1. The summed E-state index contributed by atoms with van der Waals surface area (Å²) in [6.45, 7) is 0. The summed E-state index contributed by atoms with van der Waals surface area (Å²) in [5.74, 6) is -1.24. The van der Waals surface area contributed by atoms with Gasteiger partial charge in [-0.3, -0.25) is 4.79 Å². The number of halogens is 3. The Labute approximate surface area is 76.7 Å². The molecule has 0 bridgehead atoms. The van der Waals surface area contributed by atoms with Crippen molar-refractivity contribution < 1.29 is 18.0 Å². The second-order valence-electron chi connectivity index (χ2n) is 2.53. The third kappa shape index (κ3) is 1.93. The van der Waals surface area contributed by atoms with Crippen molar-refractivity contribution in [3.8, 4) is 0 Å². The van der Waals surface area contributed by atoms with E-state index in [9.17, 15) is 18.0 Å². The summed E-state index contributed by atoms with van der Waals surface area (Å²) in [4.78, 5) is 13.8. The number of nitrogens with two attached hydrogens (primary N) is 2. The van der Waals surface area contributed by atoms with Crippen molar-refractivity contribution in [2.24, 2.45) is 5.73 Å². The van der Waals surface area contributed by atoms with Crippen LogP contribution in [-0.2, 0) is 6.18 Å². The Morgan fingerprint density at radius 2 is 2.00 bits per heavy atom. The van der Waals surface area contributed by atoms with Crippen LogP contribution >= 0.6 is 0 Å². The molecule has 7 heteroatoms. The topological polar surface area (TPSA) is 82.0 Å². The molecule has 0 aliphatic rings. The van der Waals surface area contributed by atoms with E-state index >= 15 is 0 Å². The standard InChI is InChI=1S/C7H6F3N3O/c8-7(9,10)4-1-3(11)2-13-5(4)6(12)14/h1-2H,11H2,(H2,12,14). The number of aromatic nitrogens is 1. The summed E-state index contributed by atoms with van der Waals surface area (Å²) in [6, 6.07) is 0.618. The van der Waals surface area contributed by atoms with Crippen LogP contribution in [0.25, 0.3) is 0 Å². The predicted molar refractivity (Wildman–Crippen MR) is 42.2 cm³/mol. The first-order valence-electron chi connectivity index (χ1n) is 3.45. The van der Waals surface area contributed by atoms with E-state index in [1.54, 1.807) is 0 Å². The van der Waals surface area contributed by atoms with E-state index in [-0.39, 0.29) is 5.69 Å². The van der Waals surface area contributed by atoms with E-state index in [2.05, 4.69) is 4.98 Å². The average Bonchev–Trinajstić information content (AvgIpc) is 2.01. The normalized spacial score (nSPS) is 11.4. The van der Waals surface area contributed by atoms with Gasteiger partial charge in [0.25, 0.3) is 5.91 Å². The van der Waals surface area contributed by atoms with Crippen LogP contribution in [0.2, 0.25) is 0 Å². The molecular weight excluding hydrogens is 199 g/mol. The van der Waals surface area contributed by atoms with Crippen LogP contribution in [0.5, 0.6) is 0 Å². The Morgan fingerprint density at radius 3 is 2.43 bits per heavy atom. The molecule has 1 heterocycles. The lowest BCUT2D eigenvalue weighted by atomic mass is 10.1. The summed E-state index contributed by atoms with van der Waals surface area (Å²) in [5.41, 5.74) is 7.61. The quantitative estimate of drug-likeness (QED) is 0.710. The highest BCUT2D eigenvalue weighted by atomic mass is 19.4. The Bertz CT molecular complexity index is 375. The number of pyridine rings is 1. The summed E-state index contributed by atoms with van der Waals surface area (Å²) in [5, 5.41) is 0. The average molecular weight is 205 g/mol. The highest BCUT2D eigenvalue weighted by Gasteiger charge is 2.35. The molecule has 14 heavy (non-hydrogen) atoms. The smallest absolute Gasteiger partial charge is 0.397 e. The molecular formula is C7H6F3N3O. The maximum absolute atomic E-state index is 12.3. The lowest BCUT2D eigenvalue weighted by molar-refractivity contribution is -0.138. The molecule has 1 amide bonds. The number of carbonyl (C=O) groups is 1. The first kappa shape index (κ1) is 10.3. The van der Waals surface area contributed by atoms with Crippen LogP contribution in [0.1, 0.15) is 16.1 Å². The van der Waals surface area contributed by atoms with Gasteiger partial charge in [-0.2, -0.15) is 13.2 Å². The molecule has 0 spiro atoms. The van der Waals surface area contributed by atoms with E-state index in [1.165, 1.54) is 0 Å². The Morgan fingerprint density at radius 1 is 1.43 bits per heavy atom. The van der Waals surface area contributed by atoms with Gasteiger partial charge < -0.3 is 11.5 Å². The number of primary amides is 1. The van der Waals surface area contributed by atoms with Crippen molar-refractivity contribution in [1.29, 1.82) is 0 Å². The van der Waals surface area contributed by atoms with Crippen molar-refractivity contribution >= 4 is 11.6 Å². The molecule has 4 N–H and O–H groups in total. The Hall–Kier alpha value is -1.79. The number of hydrogen-bond donors (Lipinski definition) is 2. The molecule has 1 rings (SSSR count). The lowest BCUT2D eigenvalue weighted by Gasteiger charge is -2.09. The largest absolute Gasteiger partial charge is 0.418 e. The SMILES string of the molecule is NC(=O)c1ncc(N)cc1C(F)(F)F. The number of alkyl halides is 3. The van der Waals surface area contributed by atoms with E-state index in [1.807, 2.05) is 0 Å². The predicted octanol–water partition coefficient (Wildman–Crippen LogP) is 0.781. The number of rotatable bonds is 1. The number of anilines is 1. The van der Waals surface area contributed by atoms with Crippen LogP contribution in [0, 0.1) is 0 Å². The maximum atomic E-state index is 12.3.